The van der Waals surface area contributed by atoms with Gasteiger partial charge in [0.15, 0.2) is 4.80 Å². The lowest BCUT2D eigenvalue weighted by Crippen LogP contribution is -2.38. The maximum Gasteiger partial charge on any atom is 0.271 e. The molecular weight excluding hydrogens is 754 g/mol. The molecule has 0 fully saturated rings. The minimum absolute atomic E-state index is 0.00225. The van der Waals surface area contributed by atoms with Gasteiger partial charge in [-0.25, -0.2) is 4.99 Å². The third kappa shape index (κ3) is 5.12. The summed E-state index contributed by atoms with van der Waals surface area (Å²) >= 11 is 6.11. The highest BCUT2D eigenvalue weighted by molar-refractivity contribution is 14.1. The van der Waals surface area contributed by atoms with Crippen LogP contribution in [0.1, 0.15) is 40.3 Å². The van der Waals surface area contributed by atoms with E-state index in [9.17, 15) is 4.79 Å². The Bertz CT molecular complexity index is 1970. The van der Waals surface area contributed by atoms with Gasteiger partial charge < -0.3 is 4.74 Å². The van der Waals surface area contributed by atoms with Gasteiger partial charge in [-0.15, -0.1) is 0 Å². The van der Waals surface area contributed by atoms with Crippen LogP contribution in [0, 0.1) is 7.14 Å². The average Bonchev–Trinajstić information content (AvgIpc) is 3.30. The molecule has 1 atom stereocenters. The SMILES string of the molecule is O=c1/c(=C/c2cc(I)c(OCc3ccccc3)c(I)c2)sc2n1[C@H](c1ccccc1)C1=C(N=2)c2ccccc2CC1. The summed E-state index contributed by atoms with van der Waals surface area (Å²) in [5, 5.41) is 0. The number of ether oxygens (including phenoxy) is 1. The van der Waals surface area contributed by atoms with E-state index in [-0.39, 0.29) is 11.6 Å². The number of fused-ring (bicyclic) bond motifs is 3. The molecule has 1 aliphatic heterocycles. The van der Waals surface area contributed by atoms with Crippen molar-refractivity contribution in [3.8, 4) is 5.75 Å². The van der Waals surface area contributed by atoms with Crippen LogP contribution in [0.2, 0.25) is 0 Å². The van der Waals surface area contributed by atoms with E-state index < -0.39 is 0 Å². The Kier molecular flexibility index (Phi) is 7.43. The number of aryl methyl sites for hydroxylation is 1. The molecule has 1 aliphatic carbocycles. The van der Waals surface area contributed by atoms with Crippen molar-refractivity contribution in [2.24, 2.45) is 4.99 Å². The predicted octanol–water partition coefficient (Wildman–Crippen LogP) is 7.11. The quantitative estimate of drug-likeness (QED) is 0.179. The lowest BCUT2D eigenvalue weighted by molar-refractivity contribution is 0.302. The normalized spacial score (nSPS) is 16.0. The van der Waals surface area contributed by atoms with Crippen molar-refractivity contribution in [1.29, 1.82) is 0 Å². The van der Waals surface area contributed by atoms with Crippen molar-refractivity contribution >= 4 is 68.3 Å². The molecule has 4 aromatic carbocycles. The van der Waals surface area contributed by atoms with E-state index in [1.165, 1.54) is 28.0 Å². The van der Waals surface area contributed by atoms with Gasteiger partial charge in [-0.2, -0.15) is 0 Å². The molecule has 0 unspecified atom stereocenters. The molecule has 7 rings (SSSR count). The van der Waals surface area contributed by atoms with E-state index in [1.807, 2.05) is 47.0 Å². The molecule has 2 aliphatic rings. The first-order valence-electron chi connectivity index (χ1n) is 13.4. The first-order valence-corrected chi connectivity index (χ1v) is 16.4. The van der Waals surface area contributed by atoms with Crippen molar-refractivity contribution < 1.29 is 4.74 Å². The molecule has 1 aromatic heterocycles. The van der Waals surface area contributed by atoms with Crippen molar-refractivity contribution in [1.82, 2.24) is 4.57 Å². The van der Waals surface area contributed by atoms with E-state index >= 15 is 0 Å². The molecule has 0 N–H and O–H groups in total. The number of aromatic nitrogens is 1. The summed E-state index contributed by atoms with van der Waals surface area (Å²) in [5.74, 6) is 0.865. The average molecular weight is 778 g/mol. The molecule has 4 nitrogen and oxygen atoms in total. The van der Waals surface area contributed by atoms with E-state index in [0.717, 1.165) is 52.9 Å². The summed E-state index contributed by atoms with van der Waals surface area (Å²) in [6.45, 7) is 0.512. The van der Waals surface area contributed by atoms with Crippen LogP contribution in [-0.4, -0.2) is 4.57 Å². The van der Waals surface area contributed by atoms with E-state index in [0.29, 0.717) is 11.1 Å². The van der Waals surface area contributed by atoms with Crippen LogP contribution >= 0.6 is 56.5 Å². The van der Waals surface area contributed by atoms with Gasteiger partial charge in [-0.3, -0.25) is 9.36 Å². The highest BCUT2D eigenvalue weighted by atomic mass is 127. The summed E-state index contributed by atoms with van der Waals surface area (Å²) < 4.78 is 10.8. The van der Waals surface area contributed by atoms with Crippen molar-refractivity contribution in [2.45, 2.75) is 25.5 Å². The lowest BCUT2D eigenvalue weighted by Gasteiger charge is -2.30. The number of rotatable bonds is 5. The van der Waals surface area contributed by atoms with Crippen LogP contribution in [0.3, 0.4) is 0 Å². The van der Waals surface area contributed by atoms with Crippen molar-refractivity contribution in [2.75, 3.05) is 0 Å². The number of nitrogens with zero attached hydrogens (tertiary/aromatic N) is 2. The Morgan fingerprint density at radius 2 is 1.59 bits per heavy atom. The molecule has 5 aromatic rings. The van der Waals surface area contributed by atoms with Gasteiger partial charge >= 0.3 is 0 Å². The van der Waals surface area contributed by atoms with Gasteiger partial charge in [0.2, 0.25) is 0 Å². The number of allylic oxidation sites excluding steroid dienone is 1. The van der Waals surface area contributed by atoms with Crippen LogP contribution in [0.5, 0.6) is 5.75 Å². The molecule has 0 radical (unpaired) electrons. The summed E-state index contributed by atoms with van der Waals surface area (Å²) in [4.78, 5) is 19.9. The number of hydrogen-bond acceptors (Lipinski definition) is 4. The third-order valence-corrected chi connectivity index (χ3v) is 10.1. The topological polar surface area (TPSA) is 43.6 Å². The monoisotopic (exact) mass is 778 g/mol. The van der Waals surface area contributed by atoms with Gasteiger partial charge in [0, 0.05) is 5.56 Å². The maximum atomic E-state index is 14.0. The molecule has 0 amide bonds. The van der Waals surface area contributed by atoms with Crippen LogP contribution in [-0.2, 0) is 13.0 Å². The number of benzene rings is 4. The molecular formula is C34H24I2N2O2S. The Balaban J connectivity index is 1.32. The fraction of sp³-hybridized carbons (Fsp3) is 0.118. The second kappa shape index (κ2) is 11.3. The summed E-state index contributed by atoms with van der Waals surface area (Å²) in [6, 6.07) is 33.1. The summed E-state index contributed by atoms with van der Waals surface area (Å²) in [5.41, 5.74) is 7.97. The second-order valence-corrected chi connectivity index (χ2v) is 13.4. The minimum Gasteiger partial charge on any atom is -0.487 e. The zero-order valence-electron chi connectivity index (χ0n) is 21.9. The first-order chi connectivity index (χ1) is 20.1. The molecule has 0 saturated heterocycles. The Hall–Kier alpha value is -3.02. The molecule has 0 bridgehead atoms. The summed E-state index contributed by atoms with van der Waals surface area (Å²) in [7, 11) is 0. The van der Waals surface area contributed by atoms with Gasteiger partial charge in [0.25, 0.3) is 5.56 Å². The Labute approximate surface area is 269 Å². The van der Waals surface area contributed by atoms with Crippen LogP contribution in [0.25, 0.3) is 11.8 Å². The molecule has 7 heteroatoms. The third-order valence-electron chi connectivity index (χ3n) is 7.53. The number of thiazole rings is 1. The van der Waals surface area contributed by atoms with Crippen LogP contribution in [0.4, 0.5) is 0 Å². The smallest absolute Gasteiger partial charge is 0.271 e. The van der Waals surface area contributed by atoms with Crippen molar-refractivity contribution in [3.63, 3.8) is 0 Å². The number of hydrogen-bond donors (Lipinski definition) is 0. The number of halogens is 2. The van der Waals surface area contributed by atoms with Gasteiger partial charge in [0.05, 0.1) is 23.4 Å². The highest BCUT2D eigenvalue weighted by Crippen LogP contribution is 2.41. The van der Waals surface area contributed by atoms with E-state index in [1.54, 1.807) is 0 Å². The predicted molar refractivity (Wildman–Crippen MR) is 182 cm³/mol. The molecule has 41 heavy (non-hydrogen) atoms. The van der Waals surface area contributed by atoms with E-state index in [4.69, 9.17) is 9.73 Å². The standard InChI is InChI=1S/C34H24I2N2O2S/c35-27-17-22(18-28(36)32(27)40-20-21-9-3-1-4-10-21)19-29-33(39)38-31(24-12-5-2-6-13-24)26-16-15-23-11-7-8-14-25(23)30(26)37-34(38)41-29/h1-14,17-19,31H,15-16,20H2/b29-19-/t31-/m1/s1. The largest absolute Gasteiger partial charge is 0.487 e. The van der Waals surface area contributed by atoms with E-state index in [2.05, 4.69) is 106 Å². The van der Waals surface area contributed by atoms with Crippen LogP contribution < -0.4 is 19.6 Å². The lowest BCUT2D eigenvalue weighted by atomic mass is 9.83. The molecule has 0 spiro atoms. The van der Waals surface area contributed by atoms with Crippen molar-refractivity contribution in [3.05, 3.63) is 157 Å². The van der Waals surface area contributed by atoms with Gasteiger partial charge in [-0.05, 0) is 104 Å². The molecule has 0 saturated carbocycles. The molecule has 2 heterocycles. The fourth-order valence-electron chi connectivity index (χ4n) is 5.64. The zero-order chi connectivity index (χ0) is 27.9. The zero-order valence-corrected chi connectivity index (χ0v) is 27.0. The van der Waals surface area contributed by atoms with Gasteiger partial charge in [-0.1, -0.05) is 96.3 Å². The first kappa shape index (κ1) is 26.9. The highest BCUT2D eigenvalue weighted by Gasteiger charge is 2.32. The van der Waals surface area contributed by atoms with Gasteiger partial charge in [0.1, 0.15) is 12.4 Å². The summed E-state index contributed by atoms with van der Waals surface area (Å²) in [6.07, 6.45) is 3.84. The van der Waals surface area contributed by atoms with Crippen LogP contribution in [0.15, 0.2) is 112 Å². The Morgan fingerprint density at radius 1 is 0.902 bits per heavy atom. The maximum absolute atomic E-state index is 14.0. The fourth-order valence-corrected chi connectivity index (χ4v) is 8.77. The second-order valence-electron chi connectivity index (χ2n) is 10.1. The molecule has 202 valence electrons. The minimum atomic E-state index is -0.160. The Morgan fingerprint density at radius 3 is 2.34 bits per heavy atom.